The monoisotopic (exact) mass is 362 g/mol. The van der Waals surface area contributed by atoms with Gasteiger partial charge in [-0.2, -0.15) is 0 Å². The van der Waals surface area contributed by atoms with Crippen molar-refractivity contribution in [3.8, 4) is 0 Å². The van der Waals surface area contributed by atoms with E-state index in [-0.39, 0.29) is 5.91 Å². The first-order valence-electron chi connectivity index (χ1n) is 4.07. The van der Waals surface area contributed by atoms with Gasteiger partial charge in [0.05, 0.1) is 0 Å². The molecular weight excluding hydrogens is 360 g/mol. The van der Waals surface area contributed by atoms with Crippen LogP contribution < -0.4 is 5.32 Å². The van der Waals surface area contributed by atoms with Gasteiger partial charge < -0.3 is 0 Å². The summed E-state index contributed by atoms with van der Waals surface area (Å²) in [4.78, 5) is 11.8. The Hall–Kier alpha value is -0.860. The molecule has 0 fully saturated rings. The van der Waals surface area contributed by atoms with Crippen molar-refractivity contribution in [2.75, 3.05) is 5.32 Å². The second kappa shape index (κ2) is 4.98. The highest BCUT2D eigenvalue weighted by atomic mass is 79.9. The minimum atomic E-state index is -0.249. The van der Waals surface area contributed by atoms with Crippen molar-refractivity contribution in [1.29, 1.82) is 0 Å². The van der Waals surface area contributed by atoms with Gasteiger partial charge in [-0.05, 0) is 23.4 Å². The van der Waals surface area contributed by atoms with Gasteiger partial charge in [-0.3, -0.25) is 10.1 Å². The van der Waals surface area contributed by atoms with Gasteiger partial charge in [-0.15, -0.1) is 0 Å². The summed E-state index contributed by atoms with van der Waals surface area (Å²) in [5.74, 6) is -0.249. The molecule has 8 heteroatoms. The van der Waals surface area contributed by atoms with Crippen LogP contribution in [0.25, 0.3) is 0 Å². The van der Waals surface area contributed by atoms with E-state index in [1.165, 1.54) is 0 Å². The minimum Gasteiger partial charge on any atom is -0.295 e. The van der Waals surface area contributed by atoms with Crippen molar-refractivity contribution in [3.05, 3.63) is 32.7 Å². The van der Waals surface area contributed by atoms with Gasteiger partial charge >= 0.3 is 0 Å². The van der Waals surface area contributed by atoms with E-state index in [0.717, 1.165) is 20.5 Å². The average Bonchev–Trinajstić information content (AvgIpc) is 2.68. The fourth-order valence-electron chi connectivity index (χ4n) is 1.04. The Kier molecular flexibility index (Phi) is 3.62. The molecule has 0 aliphatic carbocycles. The van der Waals surface area contributed by atoms with E-state index in [0.29, 0.717) is 10.7 Å². The van der Waals surface area contributed by atoms with Crippen LogP contribution in [0.4, 0.5) is 5.13 Å². The standard InChI is InChI=1S/C8H4Br2N4OS/c9-5-1-4(2-6(10)3-5)7(15)11-8-12-13-14-16-8/h1-3H,(H,11,12,14,15). The third kappa shape index (κ3) is 2.83. The summed E-state index contributed by atoms with van der Waals surface area (Å²) in [6, 6.07) is 5.28. The zero-order valence-corrected chi connectivity index (χ0v) is 11.6. The molecule has 0 saturated carbocycles. The van der Waals surface area contributed by atoms with Gasteiger partial charge in [-0.1, -0.05) is 41.4 Å². The molecular formula is C8H4Br2N4OS. The molecule has 1 heterocycles. The molecule has 0 spiro atoms. The lowest BCUT2D eigenvalue weighted by atomic mass is 10.2. The lowest BCUT2D eigenvalue weighted by Gasteiger charge is -2.02. The van der Waals surface area contributed by atoms with Gasteiger partial charge in [-0.25, -0.2) is 0 Å². The van der Waals surface area contributed by atoms with Crippen LogP contribution in [0.3, 0.4) is 0 Å². The van der Waals surface area contributed by atoms with Crippen LogP contribution in [0.2, 0.25) is 0 Å². The summed E-state index contributed by atoms with van der Waals surface area (Å²) in [5.41, 5.74) is 0.524. The lowest BCUT2D eigenvalue weighted by molar-refractivity contribution is 0.102. The Bertz CT molecular complexity index is 497. The molecule has 0 bridgehead atoms. The van der Waals surface area contributed by atoms with Gasteiger partial charge in [0.25, 0.3) is 5.91 Å². The number of rotatable bonds is 2. The molecule has 2 aromatic rings. The van der Waals surface area contributed by atoms with Gasteiger partial charge in [0, 0.05) is 26.0 Å². The molecule has 1 aromatic heterocycles. The maximum atomic E-state index is 11.8. The van der Waals surface area contributed by atoms with Crippen LogP contribution in [0, 0.1) is 0 Å². The third-order valence-electron chi connectivity index (χ3n) is 1.64. The normalized spacial score (nSPS) is 10.1. The first kappa shape index (κ1) is 11.6. The van der Waals surface area contributed by atoms with E-state index in [4.69, 9.17) is 0 Å². The number of anilines is 1. The smallest absolute Gasteiger partial charge is 0.257 e. The summed E-state index contributed by atoms with van der Waals surface area (Å²) in [6.07, 6.45) is 0. The zero-order chi connectivity index (χ0) is 11.5. The van der Waals surface area contributed by atoms with E-state index < -0.39 is 0 Å². The predicted octanol–water partition coefficient (Wildman–Crippen LogP) is 2.71. The maximum absolute atomic E-state index is 11.8. The van der Waals surface area contributed by atoms with Gasteiger partial charge in [0.2, 0.25) is 5.13 Å². The Morgan fingerprint density at radius 3 is 2.50 bits per heavy atom. The Morgan fingerprint density at radius 2 is 1.94 bits per heavy atom. The summed E-state index contributed by atoms with van der Waals surface area (Å²) in [6.45, 7) is 0. The number of nitrogens with zero attached hydrogens (tertiary/aromatic N) is 3. The largest absolute Gasteiger partial charge is 0.295 e. The van der Waals surface area contributed by atoms with Crippen LogP contribution in [-0.2, 0) is 0 Å². The quantitative estimate of drug-likeness (QED) is 0.890. The fourth-order valence-corrected chi connectivity index (χ4v) is 2.69. The topological polar surface area (TPSA) is 67.8 Å². The zero-order valence-electron chi connectivity index (χ0n) is 7.65. The van der Waals surface area contributed by atoms with E-state index >= 15 is 0 Å². The van der Waals surface area contributed by atoms with Crippen molar-refractivity contribution in [2.24, 2.45) is 0 Å². The number of carbonyl (C=O) groups excluding carboxylic acids is 1. The van der Waals surface area contributed by atoms with Crippen LogP contribution in [0.15, 0.2) is 27.1 Å². The van der Waals surface area contributed by atoms with E-state index in [1.807, 2.05) is 6.07 Å². The number of hydrogen-bond donors (Lipinski definition) is 1. The SMILES string of the molecule is O=C(Nc1nnns1)c1cc(Br)cc(Br)c1. The first-order valence-corrected chi connectivity index (χ1v) is 6.43. The number of carbonyl (C=O) groups is 1. The molecule has 5 nitrogen and oxygen atoms in total. The number of hydrogen-bond acceptors (Lipinski definition) is 5. The van der Waals surface area contributed by atoms with E-state index in [9.17, 15) is 4.79 Å². The molecule has 0 unspecified atom stereocenters. The number of amides is 1. The summed E-state index contributed by atoms with van der Waals surface area (Å²) in [7, 11) is 0. The Balaban J connectivity index is 2.21. The number of nitrogens with one attached hydrogen (secondary N) is 1. The Labute approximate surface area is 112 Å². The van der Waals surface area contributed by atoms with Crippen LogP contribution in [-0.4, -0.2) is 20.7 Å². The fraction of sp³-hybridized carbons (Fsp3) is 0. The van der Waals surface area contributed by atoms with E-state index in [1.54, 1.807) is 12.1 Å². The predicted molar refractivity (Wildman–Crippen MR) is 67.5 cm³/mol. The molecule has 1 amide bonds. The number of benzene rings is 1. The average molecular weight is 364 g/mol. The molecule has 1 aromatic carbocycles. The molecule has 0 aliphatic rings. The second-order valence-electron chi connectivity index (χ2n) is 2.78. The molecule has 82 valence electrons. The minimum absolute atomic E-state index is 0.249. The second-order valence-corrected chi connectivity index (χ2v) is 5.34. The number of halogens is 2. The van der Waals surface area contributed by atoms with Crippen molar-refractivity contribution >= 4 is 54.4 Å². The third-order valence-corrected chi connectivity index (χ3v) is 3.07. The molecule has 2 rings (SSSR count). The lowest BCUT2D eigenvalue weighted by Crippen LogP contribution is -2.11. The molecule has 1 N–H and O–H groups in total. The Morgan fingerprint density at radius 1 is 1.25 bits per heavy atom. The van der Waals surface area contributed by atoms with Crippen LogP contribution in [0.1, 0.15) is 10.4 Å². The molecule has 16 heavy (non-hydrogen) atoms. The van der Waals surface area contributed by atoms with Crippen molar-refractivity contribution in [3.63, 3.8) is 0 Å². The highest BCUT2D eigenvalue weighted by Gasteiger charge is 2.09. The van der Waals surface area contributed by atoms with Gasteiger partial charge in [0.15, 0.2) is 0 Å². The highest BCUT2D eigenvalue weighted by Crippen LogP contribution is 2.20. The summed E-state index contributed by atoms with van der Waals surface area (Å²) >= 11 is 7.65. The van der Waals surface area contributed by atoms with Crippen molar-refractivity contribution < 1.29 is 4.79 Å². The van der Waals surface area contributed by atoms with E-state index in [2.05, 4.69) is 52.0 Å². The molecule has 0 atom stereocenters. The summed E-state index contributed by atoms with van der Waals surface area (Å²) in [5, 5.41) is 9.99. The maximum Gasteiger partial charge on any atom is 0.257 e. The van der Waals surface area contributed by atoms with Gasteiger partial charge in [0.1, 0.15) is 0 Å². The van der Waals surface area contributed by atoms with Crippen LogP contribution >= 0.6 is 43.4 Å². The summed E-state index contributed by atoms with van der Waals surface area (Å²) < 4.78 is 5.19. The molecule has 0 aliphatic heterocycles. The van der Waals surface area contributed by atoms with Crippen LogP contribution in [0.5, 0.6) is 0 Å². The molecule has 0 radical (unpaired) electrons. The number of aromatic nitrogens is 3. The first-order chi connectivity index (χ1) is 7.65. The highest BCUT2D eigenvalue weighted by molar-refractivity contribution is 9.11. The van der Waals surface area contributed by atoms with Crippen molar-refractivity contribution in [2.45, 2.75) is 0 Å². The van der Waals surface area contributed by atoms with Crippen molar-refractivity contribution in [1.82, 2.24) is 14.8 Å². The molecule has 0 saturated heterocycles.